The highest BCUT2D eigenvalue weighted by molar-refractivity contribution is 5.06. The number of piperidine rings is 1. The summed E-state index contributed by atoms with van der Waals surface area (Å²) in [7, 11) is 0. The zero-order valence-corrected chi connectivity index (χ0v) is 11.9. The lowest BCUT2D eigenvalue weighted by Crippen LogP contribution is -2.47. The minimum absolute atomic E-state index is 0.00613. The summed E-state index contributed by atoms with van der Waals surface area (Å²) in [6.45, 7) is 8.10. The van der Waals surface area contributed by atoms with Gasteiger partial charge in [-0.15, -0.1) is 6.58 Å². The molecule has 2 aliphatic rings. The van der Waals surface area contributed by atoms with E-state index in [2.05, 4.69) is 11.5 Å². The molecule has 1 aromatic rings. The van der Waals surface area contributed by atoms with E-state index in [1.54, 1.807) is 12.3 Å². The van der Waals surface area contributed by atoms with Crippen molar-refractivity contribution >= 4 is 0 Å². The predicted octanol–water partition coefficient (Wildman–Crippen LogP) is 2.61. The summed E-state index contributed by atoms with van der Waals surface area (Å²) in [5, 5.41) is 0. The van der Waals surface area contributed by atoms with E-state index in [0.717, 1.165) is 32.5 Å². The molecule has 0 bridgehead atoms. The normalized spacial score (nSPS) is 30.9. The van der Waals surface area contributed by atoms with Gasteiger partial charge in [0.1, 0.15) is 0 Å². The molecule has 0 radical (unpaired) electrons. The first-order valence-electron chi connectivity index (χ1n) is 7.40. The minimum atomic E-state index is -0.00613. The number of likely N-dealkylation sites (tertiary alicyclic amines) is 1. The maximum atomic E-state index is 6.12. The van der Waals surface area contributed by atoms with Gasteiger partial charge < -0.3 is 13.9 Å². The van der Waals surface area contributed by atoms with Crippen LogP contribution in [-0.4, -0.2) is 42.9 Å². The highest BCUT2D eigenvalue weighted by Gasteiger charge is 2.43. The topological polar surface area (TPSA) is 34.8 Å². The highest BCUT2D eigenvalue weighted by Crippen LogP contribution is 2.36. The second-order valence-electron chi connectivity index (χ2n) is 5.89. The van der Waals surface area contributed by atoms with Gasteiger partial charge in [-0.1, -0.05) is 6.08 Å². The van der Waals surface area contributed by atoms with Gasteiger partial charge in [-0.2, -0.15) is 0 Å². The molecule has 2 aliphatic heterocycles. The van der Waals surface area contributed by atoms with Gasteiger partial charge in [-0.05, 0) is 25.5 Å². The van der Waals surface area contributed by atoms with E-state index in [9.17, 15) is 0 Å². The Balaban J connectivity index is 1.56. The van der Waals surface area contributed by atoms with E-state index in [1.165, 1.54) is 12.0 Å². The van der Waals surface area contributed by atoms with Gasteiger partial charge in [-0.3, -0.25) is 4.90 Å². The minimum Gasteiger partial charge on any atom is -0.472 e. The van der Waals surface area contributed by atoms with Gasteiger partial charge in [0.2, 0.25) is 0 Å². The largest absolute Gasteiger partial charge is 0.472 e. The SMILES string of the molecule is C=CCO[C@@H]1CO[C@]2(CCCN(Cc3ccoc3)C2)C1. The standard InChI is InChI=1S/C16H23NO3/c1-2-7-19-15-9-16(20-12-15)5-3-6-17(13-16)10-14-4-8-18-11-14/h2,4,8,11,15H,1,3,5-7,9-10,12-13H2/t15-,16+/m0/s1. The molecule has 1 spiro atoms. The Morgan fingerprint density at radius 3 is 3.30 bits per heavy atom. The Kier molecular flexibility index (Phi) is 4.24. The molecule has 2 atom stereocenters. The maximum Gasteiger partial charge on any atom is 0.0947 e. The molecule has 0 saturated carbocycles. The summed E-state index contributed by atoms with van der Waals surface area (Å²) in [6, 6.07) is 2.03. The Labute approximate surface area is 120 Å². The third-order valence-electron chi connectivity index (χ3n) is 4.23. The average Bonchev–Trinajstić information content (AvgIpc) is 3.07. The molecular formula is C16H23NO3. The molecule has 20 heavy (non-hydrogen) atoms. The van der Waals surface area contributed by atoms with Gasteiger partial charge in [0.15, 0.2) is 0 Å². The maximum absolute atomic E-state index is 6.12. The fourth-order valence-electron chi connectivity index (χ4n) is 3.36. The Hall–Kier alpha value is -1.10. The van der Waals surface area contributed by atoms with E-state index in [0.29, 0.717) is 13.2 Å². The average molecular weight is 277 g/mol. The van der Waals surface area contributed by atoms with Gasteiger partial charge in [0.25, 0.3) is 0 Å². The number of hydrogen-bond acceptors (Lipinski definition) is 4. The Morgan fingerprint density at radius 1 is 1.55 bits per heavy atom. The smallest absolute Gasteiger partial charge is 0.0947 e. The van der Waals surface area contributed by atoms with Crippen LogP contribution in [-0.2, 0) is 16.0 Å². The lowest BCUT2D eigenvalue weighted by Gasteiger charge is -2.39. The van der Waals surface area contributed by atoms with Crippen molar-refractivity contribution in [2.75, 3.05) is 26.3 Å². The third-order valence-corrected chi connectivity index (χ3v) is 4.23. The first kappa shape index (κ1) is 13.9. The molecule has 0 N–H and O–H groups in total. The van der Waals surface area contributed by atoms with E-state index in [4.69, 9.17) is 13.9 Å². The monoisotopic (exact) mass is 277 g/mol. The number of rotatable bonds is 5. The van der Waals surface area contributed by atoms with Crippen LogP contribution in [0.2, 0.25) is 0 Å². The van der Waals surface area contributed by atoms with Crippen molar-refractivity contribution in [1.29, 1.82) is 0 Å². The van der Waals surface area contributed by atoms with Crippen LogP contribution in [0.1, 0.15) is 24.8 Å². The molecule has 2 saturated heterocycles. The van der Waals surface area contributed by atoms with Crippen LogP contribution < -0.4 is 0 Å². The third kappa shape index (κ3) is 3.14. The molecule has 0 unspecified atom stereocenters. The second kappa shape index (κ2) is 6.12. The molecular weight excluding hydrogens is 254 g/mol. The summed E-state index contributed by atoms with van der Waals surface area (Å²) in [5.74, 6) is 0. The Bertz CT molecular complexity index is 431. The zero-order chi connectivity index (χ0) is 13.8. The first-order valence-corrected chi connectivity index (χ1v) is 7.40. The van der Waals surface area contributed by atoms with E-state index in [1.807, 2.05) is 12.3 Å². The van der Waals surface area contributed by atoms with Crippen molar-refractivity contribution < 1.29 is 13.9 Å². The fraction of sp³-hybridized carbons (Fsp3) is 0.625. The van der Waals surface area contributed by atoms with Crippen LogP contribution >= 0.6 is 0 Å². The highest BCUT2D eigenvalue weighted by atomic mass is 16.6. The van der Waals surface area contributed by atoms with Crippen molar-refractivity contribution in [3.63, 3.8) is 0 Å². The summed E-state index contributed by atoms with van der Waals surface area (Å²) in [4.78, 5) is 2.46. The molecule has 1 aromatic heterocycles. The van der Waals surface area contributed by atoms with Crippen molar-refractivity contribution in [2.24, 2.45) is 0 Å². The predicted molar refractivity (Wildman–Crippen MR) is 76.5 cm³/mol. The summed E-state index contributed by atoms with van der Waals surface area (Å²) < 4.78 is 17.0. The van der Waals surface area contributed by atoms with Crippen molar-refractivity contribution in [3.8, 4) is 0 Å². The number of ether oxygens (including phenoxy) is 2. The van der Waals surface area contributed by atoms with Gasteiger partial charge >= 0.3 is 0 Å². The lowest BCUT2D eigenvalue weighted by molar-refractivity contribution is -0.0544. The van der Waals surface area contributed by atoms with E-state index >= 15 is 0 Å². The van der Waals surface area contributed by atoms with Crippen LogP contribution in [0.25, 0.3) is 0 Å². The van der Waals surface area contributed by atoms with Crippen molar-refractivity contribution in [3.05, 3.63) is 36.8 Å². The van der Waals surface area contributed by atoms with Crippen LogP contribution in [0.15, 0.2) is 35.7 Å². The molecule has 3 rings (SSSR count). The van der Waals surface area contributed by atoms with Gasteiger partial charge in [0.05, 0.1) is 37.4 Å². The molecule has 0 amide bonds. The first-order chi connectivity index (χ1) is 9.80. The molecule has 2 fully saturated rings. The van der Waals surface area contributed by atoms with E-state index < -0.39 is 0 Å². The molecule has 0 aliphatic carbocycles. The molecule has 4 nitrogen and oxygen atoms in total. The molecule has 0 aromatic carbocycles. The van der Waals surface area contributed by atoms with Crippen molar-refractivity contribution in [1.82, 2.24) is 4.90 Å². The quantitative estimate of drug-likeness (QED) is 0.775. The Morgan fingerprint density at radius 2 is 2.50 bits per heavy atom. The lowest BCUT2D eigenvalue weighted by atomic mass is 9.89. The van der Waals surface area contributed by atoms with Crippen LogP contribution in [0.4, 0.5) is 0 Å². The summed E-state index contributed by atoms with van der Waals surface area (Å²) in [5.41, 5.74) is 1.23. The van der Waals surface area contributed by atoms with Crippen LogP contribution in [0, 0.1) is 0 Å². The number of hydrogen-bond donors (Lipinski definition) is 0. The van der Waals surface area contributed by atoms with Gasteiger partial charge in [0, 0.05) is 25.1 Å². The molecule has 110 valence electrons. The summed E-state index contributed by atoms with van der Waals surface area (Å²) >= 11 is 0. The fourth-order valence-corrected chi connectivity index (χ4v) is 3.36. The number of furan rings is 1. The van der Waals surface area contributed by atoms with Crippen LogP contribution in [0.5, 0.6) is 0 Å². The van der Waals surface area contributed by atoms with Crippen LogP contribution in [0.3, 0.4) is 0 Å². The summed E-state index contributed by atoms with van der Waals surface area (Å²) in [6.07, 6.45) is 8.92. The number of nitrogens with zero attached hydrogens (tertiary/aromatic N) is 1. The van der Waals surface area contributed by atoms with Gasteiger partial charge in [-0.25, -0.2) is 0 Å². The van der Waals surface area contributed by atoms with Crippen molar-refractivity contribution in [2.45, 2.75) is 37.5 Å². The van der Waals surface area contributed by atoms with E-state index in [-0.39, 0.29) is 11.7 Å². The molecule has 3 heterocycles. The zero-order valence-electron chi connectivity index (χ0n) is 11.9. The second-order valence-corrected chi connectivity index (χ2v) is 5.89. The molecule has 4 heteroatoms.